The highest BCUT2D eigenvalue weighted by atomic mass is 16.4. The van der Waals surface area contributed by atoms with Gasteiger partial charge >= 0.3 is 6.09 Å². The minimum atomic E-state index is -0.922. The molecule has 1 aliphatic heterocycles. The van der Waals surface area contributed by atoms with Crippen molar-refractivity contribution in [2.24, 2.45) is 0 Å². The Morgan fingerprint density at radius 2 is 1.85 bits per heavy atom. The Morgan fingerprint density at radius 1 is 1.03 bits per heavy atom. The summed E-state index contributed by atoms with van der Waals surface area (Å²) in [5.74, 6) is 0.405. The number of amides is 2. The summed E-state index contributed by atoms with van der Waals surface area (Å²) >= 11 is 0. The molecule has 2 aromatic carbocycles. The lowest BCUT2D eigenvalue weighted by Crippen LogP contribution is -2.35. The van der Waals surface area contributed by atoms with Crippen LogP contribution in [-0.2, 0) is 4.79 Å². The van der Waals surface area contributed by atoms with E-state index in [-0.39, 0.29) is 5.91 Å². The van der Waals surface area contributed by atoms with Crippen LogP contribution in [0.3, 0.4) is 0 Å². The molecule has 0 radical (unpaired) electrons. The summed E-state index contributed by atoms with van der Waals surface area (Å²) in [6, 6.07) is 13.5. The van der Waals surface area contributed by atoms with Crippen LogP contribution in [0, 0.1) is 0 Å². The largest absolute Gasteiger partial charge is 0.465 e. The van der Waals surface area contributed by atoms with Gasteiger partial charge in [-0.1, -0.05) is 5.57 Å². The number of fused-ring (bicyclic) bond motifs is 2. The molecule has 3 heterocycles. The Balaban J connectivity index is 1.34. The first kappa shape index (κ1) is 20.5. The van der Waals surface area contributed by atoms with Crippen LogP contribution >= 0.6 is 0 Å². The van der Waals surface area contributed by atoms with Crippen molar-refractivity contribution in [2.45, 2.75) is 12.8 Å². The number of carboxylic acid groups (broad SMARTS) is 1. The maximum atomic E-state index is 12.5. The molecule has 166 valence electrons. The van der Waals surface area contributed by atoms with E-state index < -0.39 is 6.09 Å². The minimum absolute atomic E-state index is 0.239. The van der Waals surface area contributed by atoms with Gasteiger partial charge in [-0.25, -0.2) is 14.8 Å². The predicted molar refractivity (Wildman–Crippen MR) is 127 cm³/mol. The molecule has 0 bridgehead atoms. The van der Waals surface area contributed by atoms with E-state index in [0.29, 0.717) is 37.4 Å². The summed E-state index contributed by atoms with van der Waals surface area (Å²) in [6.45, 7) is 0.816. The van der Waals surface area contributed by atoms with E-state index in [0.717, 1.165) is 33.1 Å². The Labute approximate surface area is 189 Å². The lowest BCUT2D eigenvalue weighted by Gasteiger charge is -2.25. The van der Waals surface area contributed by atoms with E-state index in [1.54, 1.807) is 12.1 Å². The van der Waals surface area contributed by atoms with Crippen LogP contribution in [-0.4, -0.2) is 50.0 Å². The van der Waals surface area contributed by atoms with Crippen molar-refractivity contribution >= 4 is 51.0 Å². The Hall–Kier alpha value is -4.40. The molecule has 0 spiro atoms. The second-order valence-electron chi connectivity index (χ2n) is 7.92. The fraction of sp³-hybridized carbons (Fsp3) is 0.167. The zero-order valence-electron chi connectivity index (χ0n) is 17.7. The third-order valence-corrected chi connectivity index (χ3v) is 5.73. The van der Waals surface area contributed by atoms with Crippen molar-refractivity contribution in [3.8, 4) is 0 Å². The third kappa shape index (κ3) is 4.47. The number of aromatic nitrogens is 3. The number of anilines is 3. The maximum absolute atomic E-state index is 12.5. The molecule has 0 unspecified atom stereocenters. The maximum Gasteiger partial charge on any atom is 0.407 e. The summed E-state index contributed by atoms with van der Waals surface area (Å²) < 4.78 is 0. The predicted octanol–water partition coefficient (Wildman–Crippen LogP) is 4.49. The van der Waals surface area contributed by atoms with Crippen molar-refractivity contribution in [1.82, 2.24) is 19.9 Å². The zero-order chi connectivity index (χ0) is 22.8. The van der Waals surface area contributed by atoms with Gasteiger partial charge in [0.1, 0.15) is 12.1 Å². The lowest BCUT2D eigenvalue weighted by atomic mass is 10.0. The van der Waals surface area contributed by atoms with Crippen molar-refractivity contribution < 1.29 is 14.7 Å². The molecule has 5 rings (SSSR count). The zero-order valence-corrected chi connectivity index (χ0v) is 17.7. The fourth-order valence-corrected chi connectivity index (χ4v) is 4.00. The number of likely N-dealkylation sites (tertiary alicyclic amines) is 1. The van der Waals surface area contributed by atoms with E-state index in [1.807, 2.05) is 42.6 Å². The second-order valence-corrected chi connectivity index (χ2v) is 7.92. The van der Waals surface area contributed by atoms with E-state index >= 15 is 0 Å². The highest BCUT2D eigenvalue weighted by molar-refractivity contribution is 6.02. The second kappa shape index (κ2) is 8.62. The SMILES string of the molecule is O=C(C=C1CCN(C(=O)O)CC1)Nc1ccc2ncnc(Nc3ccc4[nH]ccc4c3)c2c1. The summed E-state index contributed by atoms with van der Waals surface area (Å²) in [6.07, 6.45) is 5.17. The van der Waals surface area contributed by atoms with Gasteiger partial charge < -0.3 is 25.6 Å². The number of benzene rings is 2. The average Bonchev–Trinajstić information content (AvgIpc) is 3.28. The standard InChI is InChI=1S/C24H22N6O3/c31-22(11-15-6-9-30(10-7-15)24(32)33)28-18-2-4-21-19(13-18)23(27-14-26-21)29-17-1-3-20-16(12-17)5-8-25-20/h1-5,8,11-14,25H,6-7,9-10H2,(H,28,31)(H,32,33)(H,26,27,29). The van der Waals surface area contributed by atoms with Gasteiger partial charge in [0.15, 0.2) is 0 Å². The van der Waals surface area contributed by atoms with E-state index in [9.17, 15) is 9.59 Å². The van der Waals surface area contributed by atoms with Crippen LogP contribution in [0.2, 0.25) is 0 Å². The molecule has 9 nitrogen and oxygen atoms in total. The summed E-state index contributed by atoms with van der Waals surface area (Å²) in [7, 11) is 0. The van der Waals surface area contributed by atoms with Crippen LogP contribution < -0.4 is 10.6 Å². The first-order chi connectivity index (χ1) is 16.0. The van der Waals surface area contributed by atoms with Gasteiger partial charge in [0.05, 0.1) is 5.52 Å². The molecule has 1 fully saturated rings. The van der Waals surface area contributed by atoms with Crippen LogP contribution in [0.15, 0.2) is 66.6 Å². The van der Waals surface area contributed by atoms with Crippen LogP contribution in [0.4, 0.5) is 22.0 Å². The Bertz CT molecular complexity index is 1380. The molecule has 4 aromatic rings. The molecular formula is C24H22N6O3. The van der Waals surface area contributed by atoms with Crippen LogP contribution in [0.25, 0.3) is 21.8 Å². The van der Waals surface area contributed by atoms with Gasteiger partial charge in [-0.3, -0.25) is 4.79 Å². The van der Waals surface area contributed by atoms with Crippen molar-refractivity contribution in [3.05, 3.63) is 66.6 Å². The van der Waals surface area contributed by atoms with Gasteiger partial charge in [0.2, 0.25) is 5.91 Å². The number of carbonyl (C=O) groups is 2. The minimum Gasteiger partial charge on any atom is -0.465 e. The molecule has 33 heavy (non-hydrogen) atoms. The number of hydrogen-bond acceptors (Lipinski definition) is 5. The first-order valence-electron chi connectivity index (χ1n) is 10.6. The van der Waals surface area contributed by atoms with Crippen LogP contribution in [0.5, 0.6) is 0 Å². The highest BCUT2D eigenvalue weighted by Crippen LogP contribution is 2.27. The smallest absolute Gasteiger partial charge is 0.407 e. The molecule has 1 saturated heterocycles. The monoisotopic (exact) mass is 442 g/mol. The van der Waals surface area contributed by atoms with E-state index in [1.165, 1.54) is 11.2 Å². The number of hydrogen-bond donors (Lipinski definition) is 4. The topological polar surface area (TPSA) is 123 Å². The lowest BCUT2D eigenvalue weighted by molar-refractivity contribution is -0.112. The molecule has 0 atom stereocenters. The molecular weight excluding hydrogens is 420 g/mol. The normalized spacial score (nSPS) is 13.8. The molecule has 0 saturated carbocycles. The average molecular weight is 442 g/mol. The summed E-state index contributed by atoms with van der Waals surface area (Å²) in [4.78, 5) is 36.8. The van der Waals surface area contributed by atoms with Gasteiger partial charge in [-0.05, 0) is 55.3 Å². The molecule has 1 aliphatic rings. The van der Waals surface area contributed by atoms with Crippen molar-refractivity contribution in [3.63, 3.8) is 0 Å². The van der Waals surface area contributed by atoms with Gasteiger partial charge in [0, 0.05) is 53.0 Å². The Morgan fingerprint density at radius 3 is 2.67 bits per heavy atom. The highest BCUT2D eigenvalue weighted by Gasteiger charge is 2.18. The summed E-state index contributed by atoms with van der Waals surface area (Å²) in [5, 5.41) is 17.2. The van der Waals surface area contributed by atoms with E-state index in [4.69, 9.17) is 5.11 Å². The van der Waals surface area contributed by atoms with Crippen LogP contribution in [0.1, 0.15) is 12.8 Å². The number of nitrogens with one attached hydrogen (secondary N) is 3. The van der Waals surface area contributed by atoms with Gasteiger partial charge in [-0.15, -0.1) is 0 Å². The molecule has 4 N–H and O–H groups in total. The molecule has 0 aliphatic carbocycles. The molecule has 2 amide bonds. The van der Waals surface area contributed by atoms with Crippen molar-refractivity contribution in [1.29, 1.82) is 0 Å². The van der Waals surface area contributed by atoms with Gasteiger partial charge in [0.25, 0.3) is 0 Å². The molecule has 9 heteroatoms. The van der Waals surface area contributed by atoms with E-state index in [2.05, 4.69) is 25.6 Å². The number of nitrogens with zero attached hydrogens (tertiary/aromatic N) is 3. The molecule has 2 aromatic heterocycles. The number of H-pyrrole nitrogens is 1. The third-order valence-electron chi connectivity index (χ3n) is 5.73. The number of aromatic amines is 1. The van der Waals surface area contributed by atoms with Crippen molar-refractivity contribution in [2.75, 3.05) is 23.7 Å². The fourth-order valence-electron chi connectivity index (χ4n) is 4.00. The number of rotatable bonds is 4. The summed E-state index contributed by atoms with van der Waals surface area (Å²) in [5.41, 5.74) is 4.28. The quantitative estimate of drug-likeness (QED) is 0.345. The van der Waals surface area contributed by atoms with Gasteiger partial charge in [-0.2, -0.15) is 0 Å². The number of carbonyl (C=O) groups excluding carboxylic acids is 1. The Kier molecular flexibility index (Phi) is 5.35. The number of piperidine rings is 1. The first-order valence-corrected chi connectivity index (χ1v) is 10.6.